The minimum atomic E-state index is -3.94. The van der Waals surface area contributed by atoms with Crippen LogP contribution in [0.2, 0.25) is 0 Å². The van der Waals surface area contributed by atoms with Gasteiger partial charge < -0.3 is 5.11 Å². The Morgan fingerprint density at radius 1 is 1.48 bits per heavy atom. The summed E-state index contributed by atoms with van der Waals surface area (Å²) in [6, 6.07) is 4.44. The third kappa shape index (κ3) is 3.37. The molecule has 0 radical (unpaired) electrons. The van der Waals surface area contributed by atoms with E-state index in [0.29, 0.717) is 0 Å². The average Bonchev–Trinajstić information content (AvgIpc) is 2.83. The summed E-state index contributed by atoms with van der Waals surface area (Å²) in [6.07, 6.45) is -1.39. The van der Waals surface area contributed by atoms with Crippen molar-refractivity contribution in [1.82, 2.24) is 4.31 Å². The van der Waals surface area contributed by atoms with Crippen LogP contribution >= 0.6 is 0 Å². The number of aliphatic hydroxyl groups is 1. The summed E-state index contributed by atoms with van der Waals surface area (Å²) in [5, 5.41) is 17.8. The maximum Gasteiger partial charge on any atom is 0.218 e. The molecule has 2 atom stereocenters. The van der Waals surface area contributed by atoms with Crippen molar-refractivity contribution in [3.05, 3.63) is 35.1 Å². The number of sulfonamides is 1. The first-order valence-electron chi connectivity index (χ1n) is 6.30. The van der Waals surface area contributed by atoms with Gasteiger partial charge in [-0.1, -0.05) is 6.07 Å². The van der Waals surface area contributed by atoms with Crippen LogP contribution in [0, 0.1) is 17.1 Å². The molecule has 1 aliphatic rings. The Morgan fingerprint density at radius 3 is 2.76 bits per heavy atom. The lowest BCUT2D eigenvalue weighted by molar-refractivity contribution is 0.212. The van der Waals surface area contributed by atoms with Crippen molar-refractivity contribution in [1.29, 1.82) is 5.26 Å². The zero-order valence-corrected chi connectivity index (χ0v) is 11.9. The predicted octanol–water partition coefficient (Wildman–Crippen LogP) is 0.932. The smallest absolute Gasteiger partial charge is 0.218 e. The lowest BCUT2D eigenvalue weighted by Crippen LogP contribution is -2.38. The Hall–Kier alpha value is -1.56. The molecular weight excluding hydrogens is 302 g/mol. The third-order valence-corrected chi connectivity index (χ3v) is 5.24. The van der Waals surface area contributed by atoms with Crippen molar-refractivity contribution < 1.29 is 22.3 Å². The van der Waals surface area contributed by atoms with Crippen molar-refractivity contribution in [2.24, 2.45) is 0 Å². The second-order valence-corrected chi connectivity index (χ2v) is 6.83. The number of nitriles is 1. The van der Waals surface area contributed by atoms with E-state index >= 15 is 0 Å². The molecule has 1 fully saturated rings. The lowest BCUT2D eigenvalue weighted by Gasteiger charge is -2.22. The lowest BCUT2D eigenvalue weighted by atomic mass is 10.1. The van der Waals surface area contributed by atoms with Gasteiger partial charge in [-0.05, 0) is 18.6 Å². The first kappa shape index (κ1) is 15.8. The van der Waals surface area contributed by atoms with Crippen LogP contribution in [0.3, 0.4) is 0 Å². The normalized spacial score (nSPS) is 23.1. The molecule has 2 rings (SSSR count). The standard InChI is InChI=1S/C13H14F2N2O3S/c14-11-4-12(7-18)17(6-11)21(19,20)8-10-2-1-9(5-16)3-13(10)15/h1-3,11-12,18H,4,6-8H2. The molecule has 21 heavy (non-hydrogen) atoms. The van der Waals surface area contributed by atoms with Crippen molar-refractivity contribution in [2.45, 2.75) is 24.4 Å². The quantitative estimate of drug-likeness (QED) is 0.896. The number of hydrogen-bond donors (Lipinski definition) is 1. The van der Waals surface area contributed by atoms with Crippen LogP contribution in [-0.4, -0.2) is 43.2 Å². The van der Waals surface area contributed by atoms with Gasteiger partial charge in [0, 0.05) is 12.1 Å². The fourth-order valence-electron chi connectivity index (χ4n) is 2.35. The van der Waals surface area contributed by atoms with Gasteiger partial charge in [0.05, 0.1) is 30.0 Å². The van der Waals surface area contributed by atoms with Crippen LogP contribution in [0.4, 0.5) is 8.78 Å². The minimum Gasteiger partial charge on any atom is -0.395 e. The Labute approximate surface area is 121 Å². The summed E-state index contributed by atoms with van der Waals surface area (Å²) >= 11 is 0. The molecule has 1 aromatic rings. The molecule has 1 N–H and O–H groups in total. The fourth-order valence-corrected chi connectivity index (χ4v) is 4.14. The number of alkyl halides is 1. The SMILES string of the molecule is N#Cc1ccc(CS(=O)(=O)N2CC(F)CC2CO)c(F)c1. The summed E-state index contributed by atoms with van der Waals surface area (Å²) in [5.41, 5.74) is -0.000115. The number of nitrogens with zero attached hydrogens (tertiary/aromatic N) is 2. The molecule has 0 bridgehead atoms. The first-order chi connectivity index (χ1) is 9.87. The second-order valence-electron chi connectivity index (χ2n) is 4.91. The summed E-state index contributed by atoms with van der Waals surface area (Å²) in [5.74, 6) is -1.43. The van der Waals surface area contributed by atoms with Gasteiger partial charge in [-0.15, -0.1) is 0 Å². The largest absolute Gasteiger partial charge is 0.395 e. The Bertz CT molecular complexity index is 672. The number of halogens is 2. The molecule has 5 nitrogen and oxygen atoms in total. The molecule has 0 aromatic heterocycles. The highest BCUT2D eigenvalue weighted by atomic mass is 32.2. The summed E-state index contributed by atoms with van der Waals surface area (Å²) in [6.45, 7) is -0.805. The van der Waals surface area contributed by atoms with E-state index in [1.807, 2.05) is 0 Å². The molecule has 114 valence electrons. The van der Waals surface area contributed by atoms with E-state index < -0.39 is 40.4 Å². The Balaban J connectivity index is 2.24. The summed E-state index contributed by atoms with van der Waals surface area (Å²) in [7, 11) is -3.94. The van der Waals surface area contributed by atoms with Gasteiger partial charge in [0.25, 0.3) is 0 Å². The summed E-state index contributed by atoms with van der Waals surface area (Å²) < 4.78 is 52.4. The maximum atomic E-state index is 13.8. The van der Waals surface area contributed by atoms with E-state index in [-0.39, 0.29) is 24.1 Å². The molecule has 8 heteroatoms. The van der Waals surface area contributed by atoms with Gasteiger partial charge in [-0.25, -0.2) is 17.2 Å². The molecule has 0 aliphatic carbocycles. The number of aliphatic hydroxyl groups excluding tert-OH is 1. The van der Waals surface area contributed by atoms with E-state index in [4.69, 9.17) is 10.4 Å². The average molecular weight is 316 g/mol. The van der Waals surface area contributed by atoms with E-state index in [1.54, 1.807) is 6.07 Å². The monoisotopic (exact) mass is 316 g/mol. The van der Waals surface area contributed by atoms with Gasteiger partial charge in [-0.2, -0.15) is 9.57 Å². The highest BCUT2D eigenvalue weighted by Gasteiger charge is 2.39. The molecule has 2 unspecified atom stereocenters. The van der Waals surface area contributed by atoms with Crippen LogP contribution < -0.4 is 0 Å². The van der Waals surface area contributed by atoms with Gasteiger partial charge in [0.2, 0.25) is 10.0 Å². The molecule has 1 aliphatic heterocycles. The molecule has 0 spiro atoms. The van der Waals surface area contributed by atoms with Crippen molar-refractivity contribution in [3.8, 4) is 6.07 Å². The maximum absolute atomic E-state index is 13.8. The van der Waals surface area contributed by atoms with Crippen molar-refractivity contribution >= 4 is 10.0 Å². The van der Waals surface area contributed by atoms with Crippen molar-refractivity contribution in [2.75, 3.05) is 13.2 Å². The fraction of sp³-hybridized carbons (Fsp3) is 0.462. The van der Waals surface area contributed by atoms with Gasteiger partial charge in [-0.3, -0.25) is 0 Å². The predicted molar refractivity (Wildman–Crippen MR) is 70.8 cm³/mol. The van der Waals surface area contributed by atoms with Gasteiger partial charge in [0.15, 0.2) is 0 Å². The number of rotatable bonds is 4. The molecule has 1 aromatic carbocycles. The van der Waals surface area contributed by atoms with Crippen molar-refractivity contribution in [3.63, 3.8) is 0 Å². The van der Waals surface area contributed by atoms with E-state index in [0.717, 1.165) is 10.4 Å². The van der Waals surface area contributed by atoms with E-state index in [9.17, 15) is 17.2 Å². The van der Waals surface area contributed by atoms with Gasteiger partial charge >= 0.3 is 0 Å². The number of benzene rings is 1. The zero-order valence-electron chi connectivity index (χ0n) is 11.0. The number of hydrogen-bond acceptors (Lipinski definition) is 4. The van der Waals surface area contributed by atoms with Crippen LogP contribution in [0.5, 0.6) is 0 Å². The molecule has 1 heterocycles. The highest BCUT2D eigenvalue weighted by Crippen LogP contribution is 2.26. The highest BCUT2D eigenvalue weighted by molar-refractivity contribution is 7.88. The molecular formula is C13H14F2N2O3S. The first-order valence-corrected chi connectivity index (χ1v) is 7.91. The topological polar surface area (TPSA) is 81.4 Å². The molecule has 1 saturated heterocycles. The Morgan fingerprint density at radius 2 is 2.19 bits per heavy atom. The molecule has 0 amide bonds. The third-order valence-electron chi connectivity index (χ3n) is 3.40. The van der Waals surface area contributed by atoms with Gasteiger partial charge in [0.1, 0.15) is 12.0 Å². The Kier molecular flexibility index (Phi) is 4.56. The van der Waals surface area contributed by atoms with Crippen LogP contribution in [-0.2, 0) is 15.8 Å². The van der Waals surface area contributed by atoms with Crippen LogP contribution in [0.15, 0.2) is 18.2 Å². The van der Waals surface area contributed by atoms with Crippen LogP contribution in [0.25, 0.3) is 0 Å². The zero-order chi connectivity index (χ0) is 15.6. The van der Waals surface area contributed by atoms with E-state index in [1.165, 1.54) is 12.1 Å². The van der Waals surface area contributed by atoms with Crippen LogP contribution in [0.1, 0.15) is 17.5 Å². The van der Waals surface area contributed by atoms with E-state index in [2.05, 4.69) is 0 Å². The second kappa shape index (κ2) is 6.05. The minimum absolute atomic E-state index is 0.0639. The summed E-state index contributed by atoms with van der Waals surface area (Å²) in [4.78, 5) is 0. The molecule has 0 saturated carbocycles.